The predicted molar refractivity (Wildman–Crippen MR) is 68.9 cm³/mol. The molecule has 0 spiro atoms. The lowest BCUT2D eigenvalue weighted by Crippen LogP contribution is -2.62. The van der Waals surface area contributed by atoms with Gasteiger partial charge in [-0.1, -0.05) is 19.8 Å². The first-order chi connectivity index (χ1) is 8.22. The highest BCUT2D eigenvalue weighted by Crippen LogP contribution is 2.18. The van der Waals surface area contributed by atoms with E-state index in [0.29, 0.717) is 12.1 Å². The van der Waals surface area contributed by atoms with Crippen LogP contribution in [0.1, 0.15) is 39.5 Å². The summed E-state index contributed by atoms with van der Waals surface area (Å²) in [5.74, 6) is 0.214. The molecule has 1 saturated carbocycles. The summed E-state index contributed by atoms with van der Waals surface area (Å²) in [7, 11) is 0. The molecular weight excluding hydrogens is 214 g/mol. The highest BCUT2D eigenvalue weighted by Gasteiger charge is 2.31. The van der Waals surface area contributed by atoms with E-state index in [-0.39, 0.29) is 11.9 Å². The maximum Gasteiger partial charge on any atom is 0.237 e. The summed E-state index contributed by atoms with van der Waals surface area (Å²) >= 11 is 0. The Labute approximate surface area is 104 Å². The SMILES string of the molecule is CCN(C1CNC1)C(C)C(=O)NC1CCCC1. The number of nitrogens with one attached hydrogen (secondary N) is 2. The molecule has 2 aliphatic rings. The minimum atomic E-state index is 0.00713. The third-order valence-electron chi connectivity index (χ3n) is 4.17. The van der Waals surface area contributed by atoms with Gasteiger partial charge in [-0.3, -0.25) is 9.69 Å². The number of rotatable bonds is 5. The second kappa shape index (κ2) is 5.83. The summed E-state index contributed by atoms with van der Waals surface area (Å²) in [5, 5.41) is 6.47. The van der Waals surface area contributed by atoms with Gasteiger partial charge in [0.25, 0.3) is 0 Å². The van der Waals surface area contributed by atoms with Gasteiger partial charge in [-0.2, -0.15) is 0 Å². The monoisotopic (exact) mass is 239 g/mol. The van der Waals surface area contributed by atoms with Crippen molar-refractivity contribution in [3.8, 4) is 0 Å². The van der Waals surface area contributed by atoms with Crippen LogP contribution in [0.25, 0.3) is 0 Å². The number of likely N-dealkylation sites (N-methyl/N-ethyl adjacent to an activating group) is 1. The van der Waals surface area contributed by atoms with Crippen LogP contribution in [0.5, 0.6) is 0 Å². The molecule has 1 aliphatic heterocycles. The third kappa shape index (κ3) is 2.99. The molecule has 0 aromatic rings. The van der Waals surface area contributed by atoms with E-state index in [1.165, 1.54) is 12.8 Å². The second-order valence-corrected chi connectivity index (χ2v) is 5.31. The van der Waals surface area contributed by atoms with E-state index in [4.69, 9.17) is 0 Å². The van der Waals surface area contributed by atoms with Crippen molar-refractivity contribution in [3.63, 3.8) is 0 Å². The zero-order valence-electron chi connectivity index (χ0n) is 11.0. The van der Waals surface area contributed by atoms with E-state index in [1.54, 1.807) is 0 Å². The zero-order chi connectivity index (χ0) is 12.3. The first-order valence-electron chi connectivity index (χ1n) is 6.99. The van der Waals surface area contributed by atoms with E-state index < -0.39 is 0 Å². The average Bonchev–Trinajstić information content (AvgIpc) is 2.74. The van der Waals surface area contributed by atoms with Gasteiger partial charge >= 0.3 is 0 Å². The number of hydrogen-bond acceptors (Lipinski definition) is 3. The molecule has 4 heteroatoms. The lowest BCUT2D eigenvalue weighted by atomic mass is 10.1. The van der Waals surface area contributed by atoms with Crippen LogP contribution in [0.2, 0.25) is 0 Å². The third-order valence-corrected chi connectivity index (χ3v) is 4.17. The van der Waals surface area contributed by atoms with Gasteiger partial charge < -0.3 is 10.6 Å². The Balaban J connectivity index is 1.83. The van der Waals surface area contributed by atoms with E-state index in [1.807, 2.05) is 6.92 Å². The number of amides is 1. The highest BCUT2D eigenvalue weighted by atomic mass is 16.2. The van der Waals surface area contributed by atoms with Gasteiger partial charge in [-0.15, -0.1) is 0 Å². The molecule has 1 unspecified atom stereocenters. The number of nitrogens with zero attached hydrogens (tertiary/aromatic N) is 1. The van der Waals surface area contributed by atoms with Crippen molar-refractivity contribution >= 4 is 5.91 Å². The molecule has 1 saturated heterocycles. The lowest BCUT2D eigenvalue weighted by molar-refractivity contribution is -0.127. The van der Waals surface area contributed by atoms with Gasteiger partial charge in [0.1, 0.15) is 0 Å². The summed E-state index contributed by atoms with van der Waals surface area (Å²) in [6.45, 7) is 7.17. The quantitative estimate of drug-likeness (QED) is 0.743. The van der Waals surface area contributed by atoms with Crippen LogP contribution in [0.3, 0.4) is 0 Å². The first kappa shape index (κ1) is 12.8. The van der Waals surface area contributed by atoms with Crippen molar-refractivity contribution in [1.29, 1.82) is 0 Å². The maximum absolute atomic E-state index is 12.2. The van der Waals surface area contributed by atoms with E-state index in [2.05, 4.69) is 22.5 Å². The van der Waals surface area contributed by atoms with Gasteiger partial charge in [0.05, 0.1) is 6.04 Å². The topological polar surface area (TPSA) is 44.4 Å². The Morgan fingerprint density at radius 3 is 2.53 bits per heavy atom. The summed E-state index contributed by atoms with van der Waals surface area (Å²) in [5.41, 5.74) is 0. The molecule has 1 amide bonds. The summed E-state index contributed by atoms with van der Waals surface area (Å²) < 4.78 is 0. The fraction of sp³-hybridized carbons (Fsp3) is 0.923. The van der Waals surface area contributed by atoms with Crippen molar-refractivity contribution in [1.82, 2.24) is 15.5 Å². The van der Waals surface area contributed by atoms with Crippen molar-refractivity contribution in [2.45, 2.75) is 57.7 Å². The molecule has 0 aromatic heterocycles. The van der Waals surface area contributed by atoms with Crippen molar-refractivity contribution in [2.24, 2.45) is 0 Å². The largest absolute Gasteiger partial charge is 0.352 e. The Bertz CT molecular complexity index is 259. The summed E-state index contributed by atoms with van der Waals surface area (Å²) in [4.78, 5) is 14.5. The fourth-order valence-corrected chi connectivity index (χ4v) is 2.90. The van der Waals surface area contributed by atoms with Gasteiger partial charge in [-0.05, 0) is 26.3 Å². The van der Waals surface area contributed by atoms with Crippen LogP contribution in [-0.4, -0.2) is 48.6 Å². The van der Waals surface area contributed by atoms with Gasteiger partial charge in [0, 0.05) is 25.2 Å². The number of carbonyl (C=O) groups excluding carboxylic acids is 1. The van der Waals surface area contributed by atoms with Crippen LogP contribution >= 0.6 is 0 Å². The number of carbonyl (C=O) groups is 1. The molecule has 1 aliphatic carbocycles. The molecule has 4 nitrogen and oxygen atoms in total. The van der Waals surface area contributed by atoms with Crippen LogP contribution in [0.15, 0.2) is 0 Å². The molecule has 0 aromatic carbocycles. The molecule has 1 heterocycles. The zero-order valence-corrected chi connectivity index (χ0v) is 11.0. The molecule has 98 valence electrons. The Morgan fingerprint density at radius 1 is 1.41 bits per heavy atom. The second-order valence-electron chi connectivity index (χ2n) is 5.31. The van der Waals surface area contributed by atoms with Gasteiger partial charge in [0.15, 0.2) is 0 Å². The summed E-state index contributed by atoms with van der Waals surface area (Å²) in [6.07, 6.45) is 4.86. The van der Waals surface area contributed by atoms with Crippen LogP contribution < -0.4 is 10.6 Å². The van der Waals surface area contributed by atoms with Crippen LogP contribution in [0, 0.1) is 0 Å². The van der Waals surface area contributed by atoms with E-state index >= 15 is 0 Å². The highest BCUT2D eigenvalue weighted by molar-refractivity contribution is 5.81. The Morgan fingerprint density at radius 2 is 2.06 bits per heavy atom. The van der Waals surface area contributed by atoms with Crippen molar-refractivity contribution in [3.05, 3.63) is 0 Å². The molecule has 0 bridgehead atoms. The normalized spacial score (nSPS) is 23.7. The predicted octanol–water partition coefficient (Wildman–Crippen LogP) is 0.727. The molecule has 2 rings (SSSR count). The fourth-order valence-electron chi connectivity index (χ4n) is 2.90. The minimum absolute atomic E-state index is 0.00713. The van der Waals surface area contributed by atoms with Gasteiger partial charge in [0.2, 0.25) is 5.91 Å². The first-order valence-corrected chi connectivity index (χ1v) is 6.99. The molecule has 17 heavy (non-hydrogen) atoms. The van der Waals surface area contributed by atoms with Crippen LogP contribution in [-0.2, 0) is 4.79 Å². The average molecular weight is 239 g/mol. The molecule has 2 N–H and O–H groups in total. The Kier molecular flexibility index (Phi) is 4.40. The smallest absolute Gasteiger partial charge is 0.237 e. The van der Waals surface area contributed by atoms with E-state index in [0.717, 1.165) is 32.5 Å². The molecular formula is C13H25N3O. The molecule has 1 atom stereocenters. The number of hydrogen-bond donors (Lipinski definition) is 2. The standard InChI is InChI=1S/C13H25N3O/c1-3-16(12-8-14-9-12)10(2)13(17)15-11-6-4-5-7-11/h10-12,14H,3-9H2,1-2H3,(H,15,17). The van der Waals surface area contributed by atoms with Crippen molar-refractivity contribution < 1.29 is 4.79 Å². The lowest BCUT2D eigenvalue weighted by Gasteiger charge is -2.40. The van der Waals surface area contributed by atoms with E-state index in [9.17, 15) is 4.79 Å². The maximum atomic E-state index is 12.2. The molecule has 0 radical (unpaired) electrons. The Hall–Kier alpha value is -0.610. The van der Waals surface area contributed by atoms with Gasteiger partial charge in [-0.25, -0.2) is 0 Å². The minimum Gasteiger partial charge on any atom is -0.352 e. The van der Waals surface area contributed by atoms with Crippen LogP contribution in [0.4, 0.5) is 0 Å². The summed E-state index contributed by atoms with van der Waals surface area (Å²) in [6, 6.07) is 0.986. The molecule has 2 fully saturated rings. The van der Waals surface area contributed by atoms with Crippen molar-refractivity contribution in [2.75, 3.05) is 19.6 Å².